The van der Waals surface area contributed by atoms with E-state index in [4.69, 9.17) is 0 Å². The second-order valence-corrected chi connectivity index (χ2v) is 10.4. The van der Waals surface area contributed by atoms with Gasteiger partial charge in [0.25, 0.3) is 0 Å². The van der Waals surface area contributed by atoms with E-state index in [0.717, 1.165) is 42.6 Å². The SMILES string of the molecule is Cc1cc(C)cc(N(CC(=O)NCc2ccccc2CN2CCCCC2)S(C)(=O)=O)c1. The van der Waals surface area contributed by atoms with Crippen LogP contribution in [0, 0.1) is 13.8 Å². The van der Waals surface area contributed by atoms with Gasteiger partial charge >= 0.3 is 0 Å². The van der Waals surface area contributed by atoms with Crippen molar-refractivity contribution in [1.82, 2.24) is 10.2 Å². The molecule has 2 aromatic rings. The summed E-state index contributed by atoms with van der Waals surface area (Å²) in [6, 6.07) is 13.7. The summed E-state index contributed by atoms with van der Waals surface area (Å²) in [6.07, 6.45) is 4.90. The highest BCUT2D eigenvalue weighted by atomic mass is 32.2. The molecule has 6 nitrogen and oxygen atoms in total. The number of hydrogen-bond acceptors (Lipinski definition) is 4. The number of nitrogens with one attached hydrogen (secondary N) is 1. The number of carbonyl (C=O) groups excluding carboxylic acids is 1. The third kappa shape index (κ3) is 6.80. The zero-order valence-electron chi connectivity index (χ0n) is 18.7. The van der Waals surface area contributed by atoms with Crippen LogP contribution in [-0.4, -0.2) is 45.1 Å². The number of aryl methyl sites for hydroxylation is 2. The molecule has 3 rings (SSSR count). The first-order valence-corrected chi connectivity index (χ1v) is 12.7. The van der Waals surface area contributed by atoms with Crippen molar-refractivity contribution in [1.29, 1.82) is 0 Å². The van der Waals surface area contributed by atoms with Crippen LogP contribution in [0.3, 0.4) is 0 Å². The Morgan fingerprint density at radius 1 is 1.00 bits per heavy atom. The molecule has 2 aromatic carbocycles. The number of piperidine rings is 1. The Morgan fingerprint density at radius 2 is 1.61 bits per heavy atom. The van der Waals surface area contributed by atoms with Gasteiger partial charge in [-0.1, -0.05) is 36.8 Å². The van der Waals surface area contributed by atoms with E-state index >= 15 is 0 Å². The van der Waals surface area contributed by atoms with Gasteiger partial charge in [0.1, 0.15) is 6.54 Å². The largest absolute Gasteiger partial charge is 0.350 e. The fourth-order valence-corrected chi connectivity index (χ4v) is 4.96. The molecule has 7 heteroatoms. The highest BCUT2D eigenvalue weighted by Crippen LogP contribution is 2.21. The van der Waals surface area contributed by atoms with E-state index in [2.05, 4.69) is 16.3 Å². The summed E-state index contributed by atoms with van der Waals surface area (Å²) in [5, 5.41) is 2.91. The standard InChI is InChI=1S/C24H33N3O3S/c1-19-13-20(2)15-23(14-19)27(31(3,29)30)18-24(28)25-16-21-9-5-6-10-22(21)17-26-11-7-4-8-12-26/h5-6,9-10,13-15H,4,7-8,11-12,16-18H2,1-3H3,(H,25,28). The monoisotopic (exact) mass is 443 g/mol. The maximum Gasteiger partial charge on any atom is 0.241 e. The number of anilines is 1. The summed E-state index contributed by atoms with van der Waals surface area (Å²) in [5.74, 6) is -0.322. The van der Waals surface area contributed by atoms with Crippen LogP contribution in [0.5, 0.6) is 0 Å². The maximum atomic E-state index is 12.7. The third-order valence-electron chi connectivity index (χ3n) is 5.62. The topological polar surface area (TPSA) is 69.7 Å². The first-order chi connectivity index (χ1) is 14.7. The molecule has 1 amide bonds. The number of nitrogens with zero attached hydrogens (tertiary/aromatic N) is 2. The molecule has 0 bridgehead atoms. The van der Waals surface area contributed by atoms with Gasteiger partial charge < -0.3 is 5.32 Å². The Kier molecular flexibility index (Phi) is 7.73. The molecular weight excluding hydrogens is 410 g/mol. The number of amides is 1. The molecule has 1 N–H and O–H groups in total. The zero-order valence-corrected chi connectivity index (χ0v) is 19.5. The fraction of sp³-hybridized carbons (Fsp3) is 0.458. The second-order valence-electron chi connectivity index (χ2n) is 8.50. The average molecular weight is 444 g/mol. The lowest BCUT2D eigenvalue weighted by Gasteiger charge is -2.27. The van der Waals surface area contributed by atoms with Gasteiger partial charge in [0.15, 0.2) is 0 Å². The van der Waals surface area contributed by atoms with E-state index in [1.165, 1.54) is 29.1 Å². The number of likely N-dealkylation sites (tertiary alicyclic amines) is 1. The van der Waals surface area contributed by atoms with Crippen LogP contribution in [0.15, 0.2) is 42.5 Å². The zero-order chi connectivity index (χ0) is 22.4. The summed E-state index contributed by atoms with van der Waals surface area (Å²) >= 11 is 0. The molecule has 0 unspecified atom stereocenters. The molecule has 0 aliphatic carbocycles. The van der Waals surface area contributed by atoms with Gasteiger partial charge in [0.05, 0.1) is 11.9 Å². The van der Waals surface area contributed by atoms with Crippen LogP contribution in [-0.2, 0) is 27.9 Å². The van der Waals surface area contributed by atoms with Crippen molar-refractivity contribution in [3.63, 3.8) is 0 Å². The van der Waals surface area contributed by atoms with E-state index in [0.29, 0.717) is 12.2 Å². The fourth-order valence-electron chi connectivity index (χ4n) is 4.12. The minimum Gasteiger partial charge on any atom is -0.350 e. The highest BCUT2D eigenvalue weighted by Gasteiger charge is 2.21. The van der Waals surface area contributed by atoms with Gasteiger partial charge in [-0.25, -0.2) is 8.42 Å². The summed E-state index contributed by atoms with van der Waals surface area (Å²) < 4.78 is 25.9. The van der Waals surface area contributed by atoms with Crippen LogP contribution in [0.25, 0.3) is 0 Å². The van der Waals surface area contributed by atoms with E-state index in [1.54, 1.807) is 12.1 Å². The number of benzene rings is 2. The van der Waals surface area contributed by atoms with E-state index in [-0.39, 0.29) is 12.5 Å². The van der Waals surface area contributed by atoms with Crippen LogP contribution >= 0.6 is 0 Å². The lowest BCUT2D eigenvalue weighted by atomic mass is 10.0. The molecular formula is C24H33N3O3S. The molecule has 0 saturated carbocycles. The molecule has 168 valence electrons. The van der Waals surface area contributed by atoms with Crippen LogP contribution in [0.1, 0.15) is 41.5 Å². The minimum absolute atomic E-state index is 0.240. The summed E-state index contributed by atoms with van der Waals surface area (Å²) in [4.78, 5) is 15.1. The smallest absolute Gasteiger partial charge is 0.241 e. The first-order valence-electron chi connectivity index (χ1n) is 10.8. The van der Waals surface area contributed by atoms with Gasteiger partial charge in [0, 0.05) is 13.1 Å². The van der Waals surface area contributed by atoms with Gasteiger partial charge in [-0.15, -0.1) is 0 Å². The Bertz CT molecular complexity index is 994. The second kappa shape index (κ2) is 10.3. The van der Waals surface area contributed by atoms with E-state index in [9.17, 15) is 13.2 Å². The summed E-state index contributed by atoms with van der Waals surface area (Å²) in [5.41, 5.74) is 4.70. The van der Waals surface area contributed by atoms with E-state index < -0.39 is 10.0 Å². The van der Waals surface area contributed by atoms with Crippen molar-refractivity contribution in [2.75, 3.05) is 30.2 Å². The Morgan fingerprint density at radius 3 is 2.23 bits per heavy atom. The van der Waals surface area contributed by atoms with Crippen molar-refractivity contribution < 1.29 is 13.2 Å². The number of sulfonamides is 1. The maximum absolute atomic E-state index is 12.7. The van der Waals surface area contributed by atoms with Crippen molar-refractivity contribution in [3.05, 3.63) is 64.7 Å². The van der Waals surface area contributed by atoms with Gasteiger partial charge in [-0.2, -0.15) is 0 Å². The molecule has 1 aliphatic rings. The van der Waals surface area contributed by atoms with Crippen molar-refractivity contribution in [3.8, 4) is 0 Å². The molecule has 0 atom stereocenters. The predicted molar refractivity (Wildman–Crippen MR) is 126 cm³/mol. The minimum atomic E-state index is -3.59. The van der Waals surface area contributed by atoms with Crippen LogP contribution < -0.4 is 9.62 Å². The van der Waals surface area contributed by atoms with Gasteiger partial charge in [-0.05, 0) is 74.2 Å². The molecule has 1 heterocycles. The van der Waals surface area contributed by atoms with Crippen LogP contribution in [0.4, 0.5) is 5.69 Å². The molecule has 0 radical (unpaired) electrons. The van der Waals surface area contributed by atoms with Gasteiger partial charge in [-0.3, -0.25) is 14.0 Å². The Balaban J connectivity index is 1.67. The first kappa shape index (κ1) is 23.3. The summed E-state index contributed by atoms with van der Waals surface area (Å²) in [7, 11) is -3.59. The lowest BCUT2D eigenvalue weighted by molar-refractivity contribution is -0.119. The molecule has 0 aromatic heterocycles. The van der Waals surface area contributed by atoms with Crippen molar-refractivity contribution in [2.45, 2.75) is 46.2 Å². The molecule has 1 fully saturated rings. The lowest BCUT2D eigenvalue weighted by Crippen LogP contribution is -2.40. The predicted octanol–water partition coefficient (Wildman–Crippen LogP) is 3.37. The third-order valence-corrected chi connectivity index (χ3v) is 6.76. The summed E-state index contributed by atoms with van der Waals surface area (Å²) in [6.45, 7) is 7.07. The molecule has 31 heavy (non-hydrogen) atoms. The molecule has 0 spiro atoms. The number of carbonyl (C=O) groups is 1. The Labute approximate surface area is 186 Å². The van der Waals surface area contributed by atoms with Crippen molar-refractivity contribution >= 4 is 21.6 Å². The van der Waals surface area contributed by atoms with E-state index in [1.807, 2.05) is 38.1 Å². The highest BCUT2D eigenvalue weighted by molar-refractivity contribution is 7.92. The number of rotatable bonds is 8. The average Bonchev–Trinajstić information content (AvgIpc) is 2.70. The van der Waals surface area contributed by atoms with Gasteiger partial charge in [0.2, 0.25) is 15.9 Å². The van der Waals surface area contributed by atoms with Crippen LogP contribution in [0.2, 0.25) is 0 Å². The normalized spacial score (nSPS) is 14.9. The molecule has 1 aliphatic heterocycles. The molecule has 1 saturated heterocycles. The van der Waals surface area contributed by atoms with Crippen molar-refractivity contribution in [2.24, 2.45) is 0 Å². The Hall–Kier alpha value is -2.38. The number of hydrogen-bond donors (Lipinski definition) is 1. The quantitative estimate of drug-likeness (QED) is 0.679.